The van der Waals surface area contributed by atoms with E-state index in [1.54, 1.807) is 14.0 Å². The maximum absolute atomic E-state index is 13.8. The van der Waals surface area contributed by atoms with Crippen LogP contribution in [0.5, 0.6) is 0 Å². The zero-order valence-corrected chi connectivity index (χ0v) is 17.0. The van der Waals surface area contributed by atoms with Gasteiger partial charge in [0.2, 0.25) is 0 Å². The van der Waals surface area contributed by atoms with E-state index >= 15 is 0 Å². The summed E-state index contributed by atoms with van der Waals surface area (Å²) in [6.07, 6.45) is 3.28. The first-order valence-electron chi connectivity index (χ1n) is 10.4. The van der Waals surface area contributed by atoms with E-state index in [0.717, 1.165) is 48.8 Å². The molecule has 4 rings (SSSR count). The van der Waals surface area contributed by atoms with Gasteiger partial charge < -0.3 is 20.3 Å². The van der Waals surface area contributed by atoms with E-state index in [2.05, 4.69) is 15.6 Å². The lowest BCUT2D eigenvalue weighted by Gasteiger charge is -2.41. The summed E-state index contributed by atoms with van der Waals surface area (Å²) in [6.45, 7) is 3.60. The number of rotatable bonds is 6. The Balaban J connectivity index is 1.42. The van der Waals surface area contributed by atoms with Crippen molar-refractivity contribution in [3.8, 4) is 0 Å². The highest BCUT2D eigenvalue weighted by Gasteiger charge is 2.39. The summed E-state index contributed by atoms with van der Waals surface area (Å²) >= 11 is 0. The van der Waals surface area contributed by atoms with E-state index in [-0.39, 0.29) is 23.9 Å². The van der Waals surface area contributed by atoms with Gasteiger partial charge >= 0.3 is 6.03 Å². The van der Waals surface area contributed by atoms with Crippen molar-refractivity contribution < 1.29 is 14.3 Å². The second-order valence-electron chi connectivity index (χ2n) is 8.23. The SMILES string of the molecule is CNC(O)N1CCC[C@@H](N(C(=O)NCc2cc3cc(C)c(F)cc3[nH]2)C2CC2)C1. The van der Waals surface area contributed by atoms with Gasteiger partial charge in [-0.05, 0) is 63.4 Å². The van der Waals surface area contributed by atoms with Crippen LogP contribution in [0.1, 0.15) is 36.9 Å². The van der Waals surface area contributed by atoms with Gasteiger partial charge in [-0.3, -0.25) is 10.2 Å². The van der Waals surface area contributed by atoms with E-state index in [9.17, 15) is 14.3 Å². The Bertz CT molecular complexity index is 842. The molecule has 2 atom stereocenters. The predicted octanol–water partition coefficient (Wildman–Crippen LogP) is 2.25. The number of fused-ring (bicyclic) bond motifs is 1. The maximum Gasteiger partial charge on any atom is 0.318 e. The molecule has 1 aliphatic heterocycles. The molecule has 158 valence electrons. The molecule has 2 aromatic rings. The lowest BCUT2D eigenvalue weighted by molar-refractivity contribution is -0.0441. The number of halogens is 1. The fourth-order valence-corrected chi connectivity index (χ4v) is 4.28. The number of nitrogens with one attached hydrogen (secondary N) is 3. The van der Waals surface area contributed by atoms with Crippen LogP contribution in [0.15, 0.2) is 18.2 Å². The third kappa shape index (κ3) is 4.39. The molecule has 2 fully saturated rings. The number of aryl methyl sites for hydroxylation is 1. The number of hydrogen-bond acceptors (Lipinski definition) is 4. The van der Waals surface area contributed by atoms with Crippen molar-refractivity contribution in [3.63, 3.8) is 0 Å². The molecule has 1 unspecified atom stereocenters. The molecule has 1 saturated carbocycles. The molecular formula is C21H30FN5O2. The summed E-state index contributed by atoms with van der Waals surface area (Å²) in [5.41, 5.74) is 2.20. The highest BCUT2D eigenvalue weighted by atomic mass is 19.1. The summed E-state index contributed by atoms with van der Waals surface area (Å²) in [6, 6.07) is 5.57. The molecule has 1 aromatic carbocycles. The summed E-state index contributed by atoms with van der Waals surface area (Å²) in [4.78, 5) is 20.2. The second kappa shape index (κ2) is 8.30. The summed E-state index contributed by atoms with van der Waals surface area (Å²) in [5.74, 6) is -0.236. The molecule has 7 nitrogen and oxygen atoms in total. The number of aromatic nitrogens is 1. The summed E-state index contributed by atoms with van der Waals surface area (Å²) < 4.78 is 13.8. The van der Waals surface area contributed by atoms with Crippen LogP contribution in [0.2, 0.25) is 0 Å². The van der Waals surface area contributed by atoms with Crippen LogP contribution in [0.4, 0.5) is 9.18 Å². The van der Waals surface area contributed by atoms with Crippen molar-refractivity contribution in [2.75, 3.05) is 20.1 Å². The highest BCUT2D eigenvalue weighted by molar-refractivity contribution is 5.81. The number of piperidine rings is 1. The maximum atomic E-state index is 13.8. The lowest BCUT2D eigenvalue weighted by Crippen LogP contribution is -2.57. The molecule has 1 saturated heterocycles. The summed E-state index contributed by atoms with van der Waals surface area (Å²) in [7, 11) is 1.73. The van der Waals surface area contributed by atoms with E-state index in [4.69, 9.17) is 0 Å². The molecule has 0 bridgehead atoms. The fourth-order valence-electron chi connectivity index (χ4n) is 4.28. The molecule has 2 heterocycles. The lowest BCUT2D eigenvalue weighted by atomic mass is 10.0. The van der Waals surface area contributed by atoms with Crippen molar-refractivity contribution in [1.29, 1.82) is 0 Å². The number of hydrogen-bond donors (Lipinski definition) is 4. The molecule has 0 spiro atoms. The monoisotopic (exact) mass is 403 g/mol. The largest absolute Gasteiger partial charge is 0.365 e. The van der Waals surface area contributed by atoms with Gasteiger partial charge in [0.15, 0.2) is 6.35 Å². The minimum atomic E-state index is -0.683. The van der Waals surface area contributed by atoms with Gasteiger partial charge in [0.05, 0.1) is 6.54 Å². The quantitative estimate of drug-likeness (QED) is 0.558. The minimum Gasteiger partial charge on any atom is -0.365 e. The van der Waals surface area contributed by atoms with E-state index in [1.165, 1.54) is 6.07 Å². The Kier molecular flexibility index (Phi) is 5.76. The standard InChI is InChI=1S/C21H30FN5O2/c1-13-8-14-9-15(25-19(14)10-18(13)22)11-24-21(29)27(16-5-6-16)17-4-3-7-26(12-17)20(28)23-2/h8-10,16-17,20,23,25,28H,3-7,11-12H2,1-2H3,(H,24,29)/t17-,20?/m1/s1. The molecule has 1 aromatic heterocycles. The molecule has 1 aliphatic carbocycles. The van der Waals surface area contributed by atoms with Crippen LogP contribution in [0.25, 0.3) is 10.9 Å². The molecule has 0 radical (unpaired) electrons. The average Bonchev–Trinajstić information content (AvgIpc) is 3.47. The molecule has 2 amide bonds. The van der Waals surface area contributed by atoms with Crippen molar-refractivity contribution >= 4 is 16.9 Å². The summed E-state index contributed by atoms with van der Waals surface area (Å²) in [5, 5.41) is 16.9. The van der Waals surface area contributed by atoms with Crippen LogP contribution < -0.4 is 10.6 Å². The number of nitrogens with zero attached hydrogens (tertiary/aromatic N) is 2. The van der Waals surface area contributed by atoms with E-state index < -0.39 is 6.35 Å². The van der Waals surface area contributed by atoms with Crippen molar-refractivity contribution in [3.05, 3.63) is 35.3 Å². The first-order valence-corrected chi connectivity index (χ1v) is 10.4. The van der Waals surface area contributed by atoms with Crippen LogP contribution in [-0.4, -0.2) is 64.5 Å². The zero-order valence-electron chi connectivity index (χ0n) is 17.0. The van der Waals surface area contributed by atoms with Gasteiger partial charge in [0.25, 0.3) is 0 Å². The molecule has 2 aliphatic rings. The number of likely N-dealkylation sites (tertiary alicyclic amines) is 1. The third-order valence-corrected chi connectivity index (χ3v) is 5.99. The Labute approximate surface area is 170 Å². The number of benzene rings is 1. The number of aliphatic hydroxyl groups excluding tert-OH is 1. The molecule has 29 heavy (non-hydrogen) atoms. The zero-order chi connectivity index (χ0) is 20.5. The number of aliphatic hydroxyl groups is 1. The number of H-pyrrole nitrogens is 1. The first kappa shape index (κ1) is 20.1. The Morgan fingerprint density at radius 1 is 1.34 bits per heavy atom. The average molecular weight is 404 g/mol. The Morgan fingerprint density at radius 2 is 2.14 bits per heavy atom. The number of amides is 2. The molecule has 4 N–H and O–H groups in total. The number of urea groups is 1. The third-order valence-electron chi connectivity index (χ3n) is 5.99. The van der Waals surface area contributed by atoms with Gasteiger partial charge in [-0.15, -0.1) is 0 Å². The smallest absolute Gasteiger partial charge is 0.318 e. The second-order valence-corrected chi connectivity index (χ2v) is 8.23. The van der Waals surface area contributed by atoms with Gasteiger partial charge in [0.1, 0.15) is 5.82 Å². The van der Waals surface area contributed by atoms with Crippen LogP contribution in [0, 0.1) is 12.7 Å². The minimum absolute atomic E-state index is 0.0701. The van der Waals surface area contributed by atoms with Crippen molar-refractivity contribution in [2.24, 2.45) is 0 Å². The highest BCUT2D eigenvalue weighted by Crippen LogP contribution is 2.31. The first-order chi connectivity index (χ1) is 14.0. The van der Waals surface area contributed by atoms with E-state index in [1.807, 2.05) is 21.9 Å². The normalized spacial score (nSPS) is 21.3. The molecular weight excluding hydrogens is 373 g/mol. The van der Waals surface area contributed by atoms with Gasteiger partial charge in [0, 0.05) is 41.8 Å². The van der Waals surface area contributed by atoms with E-state index in [0.29, 0.717) is 18.7 Å². The number of carbonyl (C=O) groups excluding carboxylic acids is 1. The van der Waals surface area contributed by atoms with Gasteiger partial charge in [-0.25, -0.2) is 9.18 Å². The molecule has 8 heteroatoms. The van der Waals surface area contributed by atoms with Gasteiger partial charge in [-0.2, -0.15) is 0 Å². The van der Waals surface area contributed by atoms with Crippen molar-refractivity contribution in [1.82, 2.24) is 25.4 Å². The Morgan fingerprint density at radius 3 is 2.86 bits per heavy atom. The fraction of sp³-hybridized carbons (Fsp3) is 0.571. The van der Waals surface area contributed by atoms with Gasteiger partial charge in [-0.1, -0.05) is 0 Å². The number of aromatic amines is 1. The predicted molar refractivity (Wildman–Crippen MR) is 110 cm³/mol. The van der Waals surface area contributed by atoms with Crippen LogP contribution >= 0.6 is 0 Å². The van der Waals surface area contributed by atoms with Crippen molar-refractivity contribution in [2.45, 2.75) is 57.6 Å². The Hall–Kier alpha value is -2.16. The number of carbonyl (C=O) groups is 1. The van der Waals surface area contributed by atoms with Crippen LogP contribution in [-0.2, 0) is 6.54 Å². The topological polar surface area (TPSA) is 83.6 Å². The van der Waals surface area contributed by atoms with Crippen LogP contribution in [0.3, 0.4) is 0 Å².